The lowest BCUT2D eigenvalue weighted by molar-refractivity contribution is 0.242. The van der Waals surface area contributed by atoms with Gasteiger partial charge >= 0.3 is 0 Å². The van der Waals surface area contributed by atoms with Crippen molar-refractivity contribution in [3.63, 3.8) is 0 Å². The van der Waals surface area contributed by atoms with E-state index in [1.807, 2.05) is 50.2 Å². The van der Waals surface area contributed by atoms with Gasteiger partial charge in [-0.1, -0.05) is 12.1 Å². The standard InChI is InChI=1S/C19H25N3O3/c1-13(2)25-15-7-5-14(6-8-15)12-21-19(20)22-17-11-16(23-3)9-10-18(17)24-4/h5-11,13H,12H2,1-4H3,(H3,20,21,22). The van der Waals surface area contributed by atoms with Crippen LogP contribution in [0.4, 0.5) is 5.69 Å². The second-order valence-electron chi connectivity index (χ2n) is 5.70. The van der Waals surface area contributed by atoms with Crippen molar-refractivity contribution < 1.29 is 14.2 Å². The Balaban J connectivity index is 2.02. The van der Waals surface area contributed by atoms with Gasteiger partial charge in [0.15, 0.2) is 5.96 Å². The van der Waals surface area contributed by atoms with E-state index in [9.17, 15) is 0 Å². The molecule has 0 saturated carbocycles. The fourth-order valence-corrected chi connectivity index (χ4v) is 2.21. The molecule has 25 heavy (non-hydrogen) atoms. The molecule has 0 aliphatic heterocycles. The van der Waals surface area contributed by atoms with E-state index in [2.05, 4.69) is 10.3 Å². The van der Waals surface area contributed by atoms with Gasteiger partial charge in [0, 0.05) is 6.07 Å². The summed E-state index contributed by atoms with van der Waals surface area (Å²) < 4.78 is 16.1. The van der Waals surface area contributed by atoms with Crippen LogP contribution < -0.4 is 25.3 Å². The van der Waals surface area contributed by atoms with Crippen LogP contribution in [0.3, 0.4) is 0 Å². The molecule has 0 aromatic heterocycles. The average molecular weight is 343 g/mol. The van der Waals surface area contributed by atoms with Crippen molar-refractivity contribution in [1.82, 2.24) is 0 Å². The summed E-state index contributed by atoms with van der Waals surface area (Å²) in [5.41, 5.74) is 7.72. The minimum absolute atomic E-state index is 0.154. The summed E-state index contributed by atoms with van der Waals surface area (Å²) in [6.45, 7) is 4.46. The molecule has 0 radical (unpaired) electrons. The Hall–Kier alpha value is -2.89. The maximum Gasteiger partial charge on any atom is 0.193 e. The molecule has 0 atom stereocenters. The Kier molecular flexibility index (Phi) is 6.51. The lowest BCUT2D eigenvalue weighted by atomic mass is 10.2. The number of guanidine groups is 1. The molecule has 0 fully saturated rings. The van der Waals surface area contributed by atoms with Crippen LogP contribution >= 0.6 is 0 Å². The summed E-state index contributed by atoms with van der Waals surface area (Å²) in [6, 6.07) is 13.2. The molecule has 134 valence electrons. The van der Waals surface area contributed by atoms with Gasteiger partial charge in [-0.2, -0.15) is 0 Å². The normalized spacial score (nSPS) is 11.3. The summed E-state index contributed by atoms with van der Waals surface area (Å²) in [6.07, 6.45) is 0.154. The molecule has 0 amide bonds. The van der Waals surface area contributed by atoms with Gasteiger partial charge in [-0.3, -0.25) is 0 Å². The molecule has 6 nitrogen and oxygen atoms in total. The van der Waals surface area contributed by atoms with Gasteiger partial charge in [0.1, 0.15) is 17.2 Å². The Morgan fingerprint density at radius 1 is 1.04 bits per heavy atom. The molecule has 0 saturated heterocycles. The van der Waals surface area contributed by atoms with Crippen molar-refractivity contribution in [3.05, 3.63) is 48.0 Å². The molecule has 0 aliphatic carbocycles. The van der Waals surface area contributed by atoms with E-state index in [1.165, 1.54) is 0 Å². The minimum atomic E-state index is 0.154. The second kappa shape index (κ2) is 8.82. The minimum Gasteiger partial charge on any atom is -0.497 e. The third-order valence-corrected chi connectivity index (χ3v) is 3.40. The predicted octanol–water partition coefficient (Wildman–Crippen LogP) is 3.42. The molecule has 2 rings (SSSR count). The molecule has 2 aromatic rings. The van der Waals surface area contributed by atoms with E-state index in [0.29, 0.717) is 29.7 Å². The number of ether oxygens (including phenoxy) is 3. The summed E-state index contributed by atoms with van der Waals surface area (Å²) in [5.74, 6) is 2.51. The maximum absolute atomic E-state index is 5.98. The largest absolute Gasteiger partial charge is 0.497 e. The highest BCUT2D eigenvalue weighted by Gasteiger charge is 2.06. The van der Waals surface area contributed by atoms with E-state index in [-0.39, 0.29) is 6.10 Å². The third kappa shape index (κ3) is 5.60. The molecular weight excluding hydrogens is 318 g/mol. The number of hydrogen-bond donors (Lipinski definition) is 2. The molecule has 0 unspecified atom stereocenters. The number of anilines is 1. The van der Waals surface area contributed by atoms with Crippen molar-refractivity contribution in [1.29, 1.82) is 0 Å². The number of nitrogens with one attached hydrogen (secondary N) is 1. The van der Waals surface area contributed by atoms with E-state index >= 15 is 0 Å². The quantitative estimate of drug-likeness (QED) is 0.595. The van der Waals surface area contributed by atoms with E-state index < -0.39 is 0 Å². The van der Waals surface area contributed by atoms with Gasteiger partial charge in [0.05, 0.1) is 32.6 Å². The van der Waals surface area contributed by atoms with Crippen LogP contribution in [0.15, 0.2) is 47.5 Å². The van der Waals surface area contributed by atoms with Crippen LogP contribution in [0.5, 0.6) is 17.2 Å². The first-order chi connectivity index (χ1) is 12.0. The van der Waals surface area contributed by atoms with Crippen molar-refractivity contribution in [3.8, 4) is 17.2 Å². The zero-order valence-electron chi connectivity index (χ0n) is 15.1. The highest BCUT2D eigenvalue weighted by atomic mass is 16.5. The van der Waals surface area contributed by atoms with Gasteiger partial charge < -0.3 is 25.3 Å². The molecule has 0 heterocycles. The molecular formula is C19H25N3O3. The first-order valence-corrected chi connectivity index (χ1v) is 8.06. The van der Waals surface area contributed by atoms with Crippen molar-refractivity contribution >= 4 is 11.6 Å². The second-order valence-corrected chi connectivity index (χ2v) is 5.70. The lowest BCUT2D eigenvalue weighted by Crippen LogP contribution is -2.23. The third-order valence-electron chi connectivity index (χ3n) is 3.40. The predicted molar refractivity (Wildman–Crippen MR) is 101 cm³/mol. The number of rotatable bonds is 7. The van der Waals surface area contributed by atoms with Crippen LogP contribution in [0.1, 0.15) is 19.4 Å². The smallest absolute Gasteiger partial charge is 0.193 e. The van der Waals surface area contributed by atoms with Crippen LogP contribution in [0.2, 0.25) is 0 Å². The van der Waals surface area contributed by atoms with Crippen molar-refractivity contribution in [2.24, 2.45) is 10.7 Å². The Bertz CT molecular complexity index is 712. The first-order valence-electron chi connectivity index (χ1n) is 8.06. The van der Waals surface area contributed by atoms with Crippen LogP contribution in [-0.4, -0.2) is 26.3 Å². The van der Waals surface area contributed by atoms with E-state index in [4.69, 9.17) is 19.9 Å². The zero-order valence-corrected chi connectivity index (χ0v) is 15.1. The van der Waals surface area contributed by atoms with Crippen molar-refractivity contribution in [2.45, 2.75) is 26.5 Å². The number of methoxy groups -OCH3 is 2. The number of nitrogens with zero attached hydrogens (tertiary/aromatic N) is 1. The SMILES string of the molecule is COc1ccc(OC)c(NC(N)=NCc2ccc(OC(C)C)cc2)c1. The molecule has 6 heteroatoms. The number of aliphatic imine (C=N–C) groups is 1. The monoisotopic (exact) mass is 343 g/mol. The topological polar surface area (TPSA) is 78.1 Å². The van der Waals surface area contributed by atoms with Gasteiger partial charge in [-0.05, 0) is 43.7 Å². The molecule has 0 spiro atoms. The van der Waals surface area contributed by atoms with Crippen LogP contribution in [0, 0.1) is 0 Å². The van der Waals surface area contributed by atoms with Gasteiger partial charge in [-0.15, -0.1) is 0 Å². The van der Waals surface area contributed by atoms with Crippen molar-refractivity contribution in [2.75, 3.05) is 19.5 Å². The van der Waals surface area contributed by atoms with E-state index in [0.717, 1.165) is 11.3 Å². The average Bonchev–Trinajstić information content (AvgIpc) is 2.60. The van der Waals surface area contributed by atoms with Gasteiger partial charge in [0.25, 0.3) is 0 Å². The Labute approximate surface area is 148 Å². The van der Waals surface area contributed by atoms with Crippen LogP contribution in [0.25, 0.3) is 0 Å². The molecule has 3 N–H and O–H groups in total. The van der Waals surface area contributed by atoms with E-state index in [1.54, 1.807) is 20.3 Å². The molecule has 0 aliphatic rings. The summed E-state index contributed by atoms with van der Waals surface area (Å²) in [4.78, 5) is 4.36. The fourth-order valence-electron chi connectivity index (χ4n) is 2.21. The lowest BCUT2D eigenvalue weighted by Gasteiger charge is -2.12. The van der Waals surface area contributed by atoms with Gasteiger partial charge in [-0.25, -0.2) is 4.99 Å². The number of benzene rings is 2. The Morgan fingerprint density at radius 2 is 1.72 bits per heavy atom. The van der Waals surface area contributed by atoms with Gasteiger partial charge in [0.2, 0.25) is 0 Å². The number of nitrogens with two attached hydrogens (primary N) is 1. The zero-order chi connectivity index (χ0) is 18.2. The molecule has 2 aromatic carbocycles. The highest BCUT2D eigenvalue weighted by Crippen LogP contribution is 2.28. The molecule has 0 bridgehead atoms. The summed E-state index contributed by atoms with van der Waals surface area (Å²) >= 11 is 0. The maximum atomic E-state index is 5.98. The summed E-state index contributed by atoms with van der Waals surface area (Å²) in [7, 11) is 3.21. The summed E-state index contributed by atoms with van der Waals surface area (Å²) in [5, 5.41) is 3.04. The highest BCUT2D eigenvalue weighted by molar-refractivity contribution is 5.94. The number of hydrogen-bond acceptors (Lipinski definition) is 4. The fraction of sp³-hybridized carbons (Fsp3) is 0.316. The Morgan fingerprint density at radius 3 is 2.32 bits per heavy atom. The van der Waals surface area contributed by atoms with Crippen LogP contribution in [-0.2, 0) is 6.54 Å². The first kappa shape index (κ1) is 18.4.